The molecule has 0 aliphatic carbocycles. The third kappa shape index (κ3) is 4.98. The average molecular weight is 395 g/mol. The van der Waals surface area contributed by atoms with Crippen LogP contribution in [0.15, 0.2) is 66.0 Å². The first-order valence-electron chi connectivity index (χ1n) is 8.77. The molecule has 0 aliphatic rings. The second kappa shape index (κ2) is 9.19. The lowest BCUT2D eigenvalue weighted by Crippen LogP contribution is -2.32. The van der Waals surface area contributed by atoms with Gasteiger partial charge in [-0.2, -0.15) is 0 Å². The molecule has 144 valence electrons. The molecule has 1 aromatic heterocycles. The van der Waals surface area contributed by atoms with Crippen LogP contribution in [0.25, 0.3) is 0 Å². The third-order valence-corrected chi connectivity index (χ3v) is 5.13. The molecular formula is C22H21NO4S. The first-order chi connectivity index (χ1) is 13.6. The van der Waals surface area contributed by atoms with Gasteiger partial charge in [0, 0.05) is 4.88 Å². The zero-order valence-electron chi connectivity index (χ0n) is 15.7. The van der Waals surface area contributed by atoms with Crippen molar-refractivity contribution in [1.29, 1.82) is 0 Å². The van der Waals surface area contributed by atoms with E-state index in [1.165, 1.54) is 12.7 Å². The van der Waals surface area contributed by atoms with Crippen molar-refractivity contribution >= 4 is 23.2 Å². The molecule has 0 saturated heterocycles. The molecule has 3 aromatic rings. The van der Waals surface area contributed by atoms with E-state index in [1.54, 1.807) is 35.6 Å². The van der Waals surface area contributed by atoms with Crippen LogP contribution in [0.2, 0.25) is 0 Å². The minimum absolute atomic E-state index is 0.120. The van der Waals surface area contributed by atoms with E-state index >= 15 is 0 Å². The Bertz CT molecular complexity index is 918. The Hall–Kier alpha value is -3.12. The molecule has 5 nitrogen and oxygen atoms in total. The third-order valence-electron chi connectivity index (χ3n) is 4.19. The van der Waals surface area contributed by atoms with Crippen LogP contribution in [-0.2, 0) is 9.53 Å². The molecule has 1 N–H and O–H groups in total. The molecule has 0 radical (unpaired) electrons. The Kier molecular flexibility index (Phi) is 6.45. The fraction of sp³-hybridized carbons (Fsp3) is 0.182. The average Bonchev–Trinajstić information content (AvgIpc) is 3.25. The summed E-state index contributed by atoms with van der Waals surface area (Å²) in [6.45, 7) is 1.91. The van der Waals surface area contributed by atoms with Crippen LogP contribution in [0, 0.1) is 6.92 Å². The number of thiophene rings is 1. The van der Waals surface area contributed by atoms with Crippen LogP contribution >= 0.6 is 11.3 Å². The number of hydrogen-bond donors (Lipinski definition) is 1. The maximum absolute atomic E-state index is 12.5. The first kappa shape index (κ1) is 19.6. The molecule has 28 heavy (non-hydrogen) atoms. The predicted octanol–water partition coefficient (Wildman–Crippen LogP) is 4.13. The van der Waals surface area contributed by atoms with Crippen molar-refractivity contribution in [3.63, 3.8) is 0 Å². The molecular weight excluding hydrogens is 374 g/mol. The molecule has 3 rings (SSSR count). The maximum Gasteiger partial charge on any atom is 0.337 e. The van der Waals surface area contributed by atoms with Crippen LogP contribution in [-0.4, -0.2) is 25.6 Å². The van der Waals surface area contributed by atoms with Gasteiger partial charge in [-0.3, -0.25) is 4.79 Å². The Labute approximate surface area is 167 Å². The first-order valence-corrected chi connectivity index (χ1v) is 9.65. The van der Waals surface area contributed by atoms with E-state index in [0.717, 1.165) is 10.4 Å². The zero-order valence-corrected chi connectivity index (χ0v) is 16.5. The van der Waals surface area contributed by atoms with E-state index in [0.29, 0.717) is 11.3 Å². The van der Waals surface area contributed by atoms with E-state index < -0.39 is 5.97 Å². The van der Waals surface area contributed by atoms with Gasteiger partial charge in [0.25, 0.3) is 5.91 Å². The number of ether oxygens (including phenoxy) is 2. The summed E-state index contributed by atoms with van der Waals surface area (Å²) < 4.78 is 10.2. The van der Waals surface area contributed by atoms with Crippen LogP contribution in [0.5, 0.6) is 5.75 Å². The van der Waals surface area contributed by atoms with Crippen molar-refractivity contribution in [2.45, 2.75) is 13.0 Å². The molecule has 0 fully saturated rings. The van der Waals surface area contributed by atoms with Crippen molar-refractivity contribution in [2.75, 3.05) is 13.7 Å². The Morgan fingerprint density at radius 3 is 2.36 bits per heavy atom. The summed E-state index contributed by atoms with van der Waals surface area (Å²) in [7, 11) is 1.33. The van der Waals surface area contributed by atoms with Crippen molar-refractivity contribution in [2.24, 2.45) is 0 Å². The number of hydrogen-bond acceptors (Lipinski definition) is 5. The molecule has 0 aliphatic heterocycles. The highest BCUT2D eigenvalue weighted by Crippen LogP contribution is 2.26. The smallest absolute Gasteiger partial charge is 0.337 e. The van der Waals surface area contributed by atoms with E-state index in [9.17, 15) is 9.59 Å². The molecule has 6 heteroatoms. The largest absolute Gasteiger partial charge is 0.484 e. The van der Waals surface area contributed by atoms with Gasteiger partial charge in [0.05, 0.1) is 18.7 Å². The topological polar surface area (TPSA) is 64.6 Å². The lowest BCUT2D eigenvalue weighted by Gasteiger charge is -2.18. The molecule has 2 aromatic carbocycles. The summed E-state index contributed by atoms with van der Waals surface area (Å²) in [5.74, 6) is -0.136. The summed E-state index contributed by atoms with van der Waals surface area (Å²) in [6, 6.07) is 18.3. The minimum atomic E-state index is -0.416. The van der Waals surface area contributed by atoms with E-state index in [4.69, 9.17) is 4.74 Å². The van der Waals surface area contributed by atoms with E-state index in [1.807, 2.05) is 48.7 Å². The SMILES string of the molecule is COC(=O)c1ccc(OCC(=O)NC(c2ccc(C)cc2)c2cccs2)cc1. The van der Waals surface area contributed by atoms with Crippen molar-refractivity contribution < 1.29 is 19.1 Å². The Morgan fingerprint density at radius 2 is 1.75 bits per heavy atom. The quantitative estimate of drug-likeness (QED) is 0.611. The summed E-state index contributed by atoms with van der Waals surface area (Å²) in [6.07, 6.45) is 0. The maximum atomic E-state index is 12.5. The summed E-state index contributed by atoms with van der Waals surface area (Å²) in [5, 5.41) is 5.02. The summed E-state index contributed by atoms with van der Waals surface area (Å²) in [4.78, 5) is 25.0. The monoisotopic (exact) mass is 395 g/mol. The summed E-state index contributed by atoms with van der Waals surface area (Å²) >= 11 is 1.59. The fourth-order valence-corrected chi connectivity index (χ4v) is 3.49. The molecule has 0 spiro atoms. The molecule has 0 bridgehead atoms. The predicted molar refractivity (Wildman–Crippen MR) is 109 cm³/mol. The van der Waals surface area contributed by atoms with Gasteiger partial charge >= 0.3 is 5.97 Å². The minimum Gasteiger partial charge on any atom is -0.484 e. The number of esters is 1. The number of rotatable bonds is 7. The van der Waals surface area contributed by atoms with Crippen molar-refractivity contribution in [3.8, 4) is 5.75 Å². The van der Waals surface area contributed by atoms with Crippen LogP contribution in [0.4, 0.5) is 0 Å². The molecule has 1 heterocycles. The number of carbonyl (C=O) groups is 2. The molecule has 1 unspecified atom stereocenters. The number of methoxy groups -OCH3 is 1. The zero-order chi connectivity index (χ0) is 19.9. The van der Waals surface area contributed by atoms with Gasteiger partial charge in [-0.25, -0.2) is 4.79 Å². The van der Waals surface area contributed by atoms with Crippen molar-refractivity contribution in [1.82, 2.24) is 5.32 Å². The van der Waals surface area contributed by atoms with Crippen LogP contribution < -0.4 is 10.1 Å². The highest BCUT2D eigenvalue weighted by Gasteiger charge is 2.18. The number of carbonyl (C=O) groups excluding carboxylic acids is 2. The number of aryl methyl sites for hydroxylation is 1. The van der Waals surface area contributed by atoms with Crippen LogP contribution in [0.1, 0.15) is 32.4 Å². The van der Waals surface area contributed by atoms with Gasteiger partial charge in [-0.15, -0.1) is 11.3 Å². The fourth-order valence-electron chi connectivity index (χ4n) is 2.69. The highest BCUT2D eigenvalue weighted by molar-refractivity contribution is 7.10. The molecule has 1 amide bonds. The Balaban J connectivity index is 1.64. The molecule has 0 saturated carbocycles. The lowest BCUT2D eigenvalue weighted by molar-refractivity contribution is -0.123. The van der Waals surface area contributed by atoms with Gasteiger partial charge in [-0.05, 0) is 48.2 Å². The lowest BCUT2D eigenvalue weighted by atomic mass is 10.0. The van der Waals surface area contributed by atoms with Gasteiger partial charge in [0.15, 0.2) is 6.61 Å². The summed E-state index contributed by atoms with van der Waals surface area (Å²) in [5.41, 5.74) is 2.61. The van der Waals surface area contributed by atoms with Gasteiger partial charge in [-0.1, -0.05) is 35.9 Å². The Morgan fingerprint density at radius 1 is 1.04 bits per heavy atom. The number of amides is 1. The van der Waals surface area contributed by atoms with Gasteiger partial charge in [0.2, 0.25) is 0 Å². The normalized spacial score (nSPS) is 11.5. The standard InChI is InChI=1S/C22H21NO4S/c1-15-5-7-16(8-6-15)21(19-4-3-13-28-19)23-20(24)14-27-18-11-9-17(10-12-18)22(25)26-2/h3-13,21H,14H2,1-2H3,(H,23,24). The molecule has 1 atom stereocenters. The second-order valence-corrected chi connectivity index (χ2v) is 7.21. The second-order valence-electron chi connectivity index (χ2n) is 6.23. The number of benzene rings is 2. The van der Waals surface area contributed by atoms with Gasteiger partial charge < -0.3 is 14.8 Å². The van der Waals surface area contributed by atoms with E-state index in [-0.39, 0.29) is 18.6 Å². The van der Waals surface area contributed by atoms with Crippen LogP contribution in [0.3, 0.4) is 0 Å². The number of nitrogens with one attached hydrogen (secondary N) is 1. The van der Waals surface area contributed by atoms with Gasteiger partial charge in [0.1, 0.15) is 5.75 Å². The van der Waals surface area contributed by atoms with Crippen molar-refractivity contribution in [3.05, 3.63) is 87.6 Å². The highest BCUT2D eigenvalue weighted by atomic mass is 32.1. The van der Waals surface area contributed by atoms with E-state index in [2.05, 4.69) is 10.1 Å².